The summed E-state index contributed by atoms with van der Waals surface area (Å²) in [5.41, 5.74) is 4.64. The summed E-state index contributed by atoms with van der Waals surface area (Å²) in [5, 5.41) is 20.8. The van der Waals surface area contributed by atoms with Crippen LogP contribution in [-0.2, 0) is 0 Å². The van der Waals surface area contributed by atoms with E-state index in [2.05, 4.69) is 38.1 Å². The maximum atomic E-state index is 10.5. The molecule has 4 nitrogen and oxygen atoms in total. The van der Waals surface area contributed by atoms with Crippen LogP contribution in [0.4, 0.5) is 0 Å². The van der Waals surface area contributed by atoms with Crippen molar-refractivity contribution in [1.29, 1.82) is 10.5 Å². The Morgan fingerprint density at radius 2 is 1.65 bits per heavy atom. The Morgan fingerprint density at radius 3 is 2.12 bits per heavy atom. The molecular formula is C20H28N4S2. The fourth-order valence-corrected chi connectivity index (χ4v) is 8.60. The van der Waals surface area contributed by atoms with Crippen LogP contribution in [0.2, 0.25) is 0 Å². The molecule has 0 amide bonds. The second-order valence-corrected chi connectivity index (χ2v) is 10.3. The predicted octanol–water partition coefficient (Wildman–Crippen LogP) is 4.69. The lowest BCUT2D eigenvalue weighted by molar-refractivity contribution is 0.0566. The Bertz CT molecular complexity index is 679. The summed E-state index contributed by atoms with van der Waals surface area (Å²) in [6.07, 6.45) is 10.6. The van der Waals surface area contributed by atoms with Crippen LogP contribution in [0.5, 0.6) is 0 Å². The molecule has 4 aliphatic rings. The molecule has 140 valence electrons. The maximum absolute atomic E-state index is 10.5. The van der Waals surface area contributed by atoms with Crippen molar-refractivity contribution in [1.82, 2.24) is 0 Å². The second-order valence-electron chi connectivity index (χ2n) is 7.50. The van der Waals surface area contributed by atoms with E-state index in [9.17, 15) is 10.5 Å². The van der Waals surface area contributed by atoms with E-state index in [-0.39, 0.29) is 11.8 Å². The number of unbranched alkanes of at least 4 members (excludes halogenated alkanes) is 2. The van der Waals surface area contributed by atoms with E-state index in [0.29, 0.717) is 5.84 Å². The van der Waals surface area contributed by atoms with Crippen molar-refractivity contribution in [3.05, 3.63) is 12.2 Å². The quantitative estimate of drug-likeness (QED) is 0.370. The van der Waals surface area contributed by atoms with Crippen LogP contribution >= 0.6 is 23.5 Å². The van der Waals surface area contributed by atoms with Gasteiger partial charge in [-0.15, -0.1) is 23.5 Å². The lowest BCUT2D eigenvalue weighted by atomic mass is 9.46. The molecule has 2 N–H and O–H groups in total. The van der Waals surface area contributed by atoms with Gasteiger partial charge in [-0.2, -0.15) is 10.5 Å². The Labute approximate surface area is 165 Å². The van der Waals surface area contributed by atoms with E-state index >= 15 is 0 Å². The standard InChI is InChI=1S/C20H28N4S2/c1-3-5-11-25-20(26-12-6-4-2)19(14-22)16-9-7-15(8-10-16)18(19,13-21)17(23)24-20/h7,9,15-16H,3-6,8,10-12H2,1-2H3,(H2,23,24). The zero-order chi connectivity index (χ0) is 18.8. The van der Waals surface area contributed by atoms with Crippen LogP contribution in [0.15, 0.2) is 17.1 Å². The van der Waals surface area contributed by atoms with Crippen molar-refractivity contribution < 1.29 is 0 Å². The first kappa shape index (κ1) is 19.6. The molecular weight excluding hydrogens is 360 g/mol. The van der Waals surface area contributed by atoms with Crippen LogP contribution in [0.1, 0.15) is 52.4 Å². The smallest absolute Gasteiger partial charge is 0.175 e. The van der Waals surface area contributed by atoms with Gasteiger partial charge in [0.2, 0.25) is 0 Å². The molecule has 6 heteroatoms. The van der Waals surface area contributed by atoms with Gasteiger partial charge in [0.05, 0.1) is 12.1 Å². The number of nitrogens with zero attached hydrogens (tertiary/aromatic N) is 3. The van der Waals surface area contributed by atoms with Gasteiger partial charge >= 0.3 is 0 Å². The van der Waals surface area contributed by atoms with E-state index in [1.54, 1.807) is 23.5 Å². The highest BCUT2D eigenvalue weighted by Gasteiger charge is 2.78. The zero-order valence-corrected chi connectivity index (χ0v) is 17.3. The highest BCUT2D eigenvalue weighted by atomic mass is 32.2. The van der Waals surface area contributed by atoms with Crippen LogP contribution in [0.25, 0.3) is 0 Å². The topological polar surface area (TPSA) is 86.0 Å². The summed E-state index contributed by atoms with van der Waals surface area (Å²) in [6.45, 7) is 4.35. The molecule has 2 bridgehead atoms. The average Bonchev–Trinajstić information content (AvgIpc) is 2.91. The molecule has 26 heavy (non-hydrogen) atoms. The van der Waals surface area contributed by atoms with E-state index < -0.39 is 15.0 Å². The lowest BCUT2D eigenvalue weighted by Gasteiger charge is -2.56. The van der Waals surface area contributed by atoms with E-state index in [1.165, 1.54) is 0 Å². The Morgan fingerprint density at radius 1 is 1.08 bits per heavy atom. The molecule has 4 rings (SSSR count). The third kappa shape index (κ3) is 2.38. The van der Waals surface area contributed by atoms with Crippen LogP contribution < -0.4 is 5.73 Å². The largest absolute Gasteiger partial charge is 0.386 e. The number of nitrogens with two attached hydrogens (primary N) is 1. The molecule has 1 saturated carbocycles. The Hall–Kier alpha value is -1.11. The number of nitriles is 2. The van der Waals surface area contributed by atoms with Gasteiger partial charge < -0.3 is 5.73 Å². The van der Waals surface area contributed by atoms with Gasteiger partial charge in [-0.05, 0) is 37.2 Å². The minimum atomic E-state index is -0.974. The number of hydrogen-bond acceptors (Lipinski definition) is 6. The molecule has 4 unspecified atom stereocenters. The maximum Gasteiger partial charge on any atom is 0.175 e. The van der Waals surface area contributed by atoms with Crippen LogP contribution in [0, 0.1) is 45.3 Å². The van der Waals surface area contributed by atoms with Crippen molar-refractivity contribution >= 4 is 29.4 Å². The van der Waals surface area contributed by atoms with E-state index in [1.807, 2.05) is 0 Å². The average molecular weight is 389 g/mol. The fraction of sp³-hybridized carbons (Fsp3) is 0.750. The van der Waals surface area contributed by atoms with Gasteiger partial charge in [0, 0.05) is 11.8 Å². The van der Waals surface area contributed by atoms with Gasteiger partial charge in [-0.25, -0.2) is 4.99 Å². The van der Waals surface area contributed by atoms with E-state index in [4.69, 9.17) is 10.7 Å². The molecule has 0 radical (unpaired) electrons. The molecule has 0 aromatic heterocycles. The molecule has 0 saturated heterocycles. The van der Waals surface area contributed by atoms with Crippen molar-refractivity contribution in [2.24, 2.45) is 33.4 Å². The monoisotopic (exact) mass is 388 g/mol. The summed E-state index contributed by atoms with van der Waals surface area (Å²) in [5.74, 6) is 2.33. The summed E-state index contributed by atoms with van der Waals surface area (Å²) in [6, 6.07) is 5.20. The second kappa shape index (κ2) is 7.49. The lowest BCUT2D eigenvalue weighted by Crippen LogP contribution is -2.62. The van der Waals surface area contributed by atoms with Crippen molar-refractivity contribution in [3.63, 3.8) is 0 Å². The van der Waals surface area contributed by atoms with Crippen molar-refractivity contribution in [2.45, 2.75) is 56.6 Å². The molecule has 3 aliphatic carbocycles. The first-order valence-corrected chi connectivity index (χ1v) is 11.7. The predicted molar refractivity (Wildman–Crippen MR) is 111 cm³/mol. The minimum Gasteiger partial charge on any atom is -0.386 e. The van der Waals surface area contributed by atoms with Gasteiger partial charge in [0.1, 0.15) is 16.7 Å². The molecule has 1 heterocycles. The number of amidine groups is 1. The summed E-state index contributed by atoms with van der Waals surface area (Å²) >= 11 is 3.52. The SMILES string of the molecule is CCCCSC1(SCCCC)N=C(N)C2(C#N)C3C=CC(CC3)C12C#N. The highest BCUT2D eigenvalue weighted by Crippen LogP contribution is 2.73. The molecule has 0 aromatic rings. The number of aliphatic imine (C=N–C) groups is 1. The number of hydrogen-bond donors (Lipinski definition) is 1. The minimum absolute atomic E-state index is 0.00123. The summed E-state index contributed by atoms with van der Waals surface area (Å²) in [7, 11) is 0. The molecule has 0 spiro atoms. The third-order valence-corrected chi connectivity index (χ3v) is 9.51. The number of thioether (sulfide) groups is 2. The van der Waals surface area contributed by atoms with Crippen LogP contribution in [0.3, 0.4) is 0 Å². The summed E-state index contributed by atoms with van der Waals surface area (Å²) < 4.78 is -0.667. The number of fused-ring (bicyclic) bond motifs is 1. The fourth-order valence-electron chi connectivity index (χ4n) is 4.85. The van der Waals surface area contributed by atoms with Crippen LogP contribution in [-0.4, -0.2) is 21.5 Å². The zero-order valence-electron chi connectivity index (χ0n) is 15.7. The van der Waals surface area contributed by atoms with Crippen molar-refractivity contribution in [3.8, 4) is 12.1 Å². The Kier molecular flexibility index (Phi) is 5.66. The molecule has 1 fully saturated rings. The Balaban J connectivity index is 2.13. The molecule has 1 aliphatic heterocycles. The summed E-state index contributed by atoms with van der Waals surface area (Å²) in [4.78, 5) is 4.97. The number of allylic oxidation sites excluding steroid dienone is 2. The third-order valence-electron chi connectivity index (χ3n) is 6.21. The normalized spacial score (nSPS) is 36.2. The first-order valence-electron chi connectivity index (χ1n) is 9.73. The van der Waals surface area contributed by atoms with Gasteiger partial charge in [0.25, 0.3) is 0 Å². The number of rotatable bonds is 8. The molecule has 4 atom stereocenters. The van der Waals surface area contributed by atoms with E-state index in [0.717, 1.165) is 50.0 Å². The first-order chi connectivity index (χ1) is 12.6. The van der Waals surface area contributed by atoms with Gasteiger partial charge in [-0.3, -0.25) is 0 Å². The van der Waals surface area contributed by atoms with Gasteiger partial charge in [0.15, 0.2) is 4.20 Å². The van der Waals surface area contributed by atoms with Crippen molar-refractivity contribution in [2.75, 3.05) is 11.5 Å². The highest BCUT2D eigenvalue weighted by molar-refractivity contribution is 8.18. The molecule has 0 aromatic carbocycles. The van der Waals surface area contributed by atoms with Gasteiger partial charge in [-0.1, -0.05) is 38.8 Å².